The number of aliphatic hydroxyl groups is 1. The topological polar surface area (TPSA) is 108 Å². The average Bonchev–Trinajstić information content (AvgIpc) is 3.38. The summed E-state index contributed by atoms with van der Waals surface area (Å²) < 4.78 is 23.4. The summed E-state index contributed by atoms with van der Waals surface area (Å²) in [5, 5.41) is 13.9. The normalized spacial score (nSPS) is 14.7. The molecule has 0 aromatic rings. The fourth-order valence-electron chi connectivity index (χ4n) is 8.39. The molecule has 0 saturated heterocycles. The van der Waals surface area contributed by atoms with Gasteiger partial charge in [0, 0.05) is 6.42 Å². The molecule has 0 saturated carbocycles. The molecule has 0 aliphatic rings. The Kier molecular flexibility index (Phi) is 54.3. The summed E-state index contributed by atoms with van der Waals surface area (Å²) in [6.07, 6.45) is 84.4. The molecular formula is C67H117N2O6P. The number of nitrogens with zero attached hydrogens (tertiary/aromatic N) is 1. The fraction of sp³-hybridized carbons (Fsp3) is 0.687. The van der Waals surface area contributed by atoms with E-state index in [0.29, 0.717) is 17.4 Å². The van der Waals surface area contributed by atoms with Crippen LogP contribution < -0.4 is 10.2 Å². The molecule has 76 heavy (non-hydrogen) atoms. The van der Waals surface area contributed by atoms with Crippen molar-refractivity contribution >= 4 is 13.7 Å². The third-order valence-electron chi connectivity index (χ3n) is 13.2. The number of hydrogen-bond acceptors (Lipinski definition) is 6. The van der Waals surface area contributed by atoms with Crippen LogP contribution in [0.25, 0.3) is 0 Å². The van der Waals surface area contributed by atoms with Gasteiger partial charge in [-0.05, 0) is 83.5 Å². The predicted molar refractivity (Wildman–Crippen MR) is 329 cm³/mol. The molecular weight excluding hydrogens is 960 g/mol. The second kappa shape index (κ2) is 56.6. The zero-order valence-corrected chi connectivity index (χ0v) is 50.6. The maximum absolute atomic E-state index is 13.0. The summed E-state index contributed by atoms with van der Waals surface area (Å²) in [5.74, 6) is -0.258. The third kappa shape index (κ3) is 58.6. The van der Waals surface area contributed by atoms with Crippen molar-refractivity contribution < 1.29 is 32.9 Å². The van der Waals surface area contributed by atoms with Crippen LogP contribution in [-0.2, 0) is 18.4 Å². The van der Waals surface area contributed by atoms with Crippen molar-refractivity contribution in [2.45, 2.75) is 257 Å². The minimum absolute atomic E-state index is 0.0184. The van der Waals surface area contributed by atoms with Crippen LogP contribution in [0.15, 0.2) is 122 Å². The number of quaternary nitrogens is 1. The average molecular weight is 1080 g/mol. The van der Waals surface area contributed by atoms with Gasteiger partial charge in [0.15, 0.2) is 0 Å². The van der Waals surface area contributed by atoms with Gasteiger partial charge in [0.1, 0.15) is 13.2 Å². The minimum atomic E-state index is -4.63. The highest BCUT2D eigenvalue weighted by atomic mass is 31.2. The molecule has 0 bridgehead atoms. The van der Waals surface area contributed by atoms with E-state index in [-0.39, 0.29) is 18.9 Å². The Hall–Kier alpha value is -3.10. The number of phosphoric ester groups is 1. The number of aliphatic hydroxyl groups excluding tert-OH is 1. The number of rotatable bonds is 55. The van der Waals surface area contributed by atoms with Crippen LogP contribution in [0.5, 0.6) is 0 Å². The number of carbonyl (C=O) groups is 1. The van der Waals surface area contributed by atoms with E-state index in [1.54, 1.807) is 6.08 Å². The van der Waals surface area contributed by atoms with Gasteiger partial charge in [-0.15, -0.1) is 0 Å². The minimum Gasteiger partial charge on any atom is -0.756 e. The van der Waals surface area contributed by atoms with Gasteiger partial charge in [0.05, 0.1) is 39.9 Å². The highest BCUT2D eigenvalue weighted by Gasteiger charge is 2.23. The van der Waals surface area contributed by atoms with Crippen LogP contribution in [0.3, 0.4) is 0 Å². The van der Waals surface area contributed by atoms with E-state index in [9.17, 15) is 19.4 Å². The largest absolute Gasteiger partial charge is 0.756 e. The summed E-state index contributed by atoms with van der Waals surface area (Å²) in [4.78, 5) is 25.5. The molecule has 0 aliphatic heterocycles. The molecule has 436 valence electrons. The lowest BCUT2D eigenvalue weighted by molar-refractivity contribution is -0.870. The lowest BCUT2D eigenvalue weighted by Gasteiger charge is -2.29. The van der Waals surface area contributed by atoms with Gasteiger partial charge in [-0.3, -0.25) is 9.36 Å². The Bertz CT molecular complexity index is 1650. The van der Waals surface area contributed by atoms with Gasteiger partial charge in [-0.2, -0.15) is 0 Å². The molecule has 0 aliphatic carbocycles. The Labute approximate surface area is 469 Å². The molecule has 1 amide bonds. The number of carbonyl (C=O) groups excluding carboxylic acids is 1. The Balaban J connectivity index is 4.33. The zero-order chi connectivity index (χ0) is 55.6. The van der Waals surface area contributed by atoms with Crippen LogP contribution in [0.4, 0.5) is 0 Å². The lowest BCUT2D eigenvalue weighted by Crippen LogP contribution is -2.45. The molecule has 2 N–H and O–H groups in total. The number of hydrogen-bond donors (Lipinski definition) is 2. The monoisotopic (exact) mass is 1080 g/mol. The quantitative estimate of drug-likeness (QED) is 0.0272. The Morgan fingerprint density at radius 1 is 0.474 bits per heavy atom. The number of phosphoric acid groups is 1. The van der Waals surface area contributed by atoms with Gasteiger partial charge in [-0.25, -0.2) is 0 Å². The molecule has 0 aromatic heterocycles. The number of unbranched alkanes of at least 4 members (excludes halogenated alkanes) is 24. The van der Waals surface area contributed by atoms with Crippen molar-refractivity contribution in [2.75, 3.05) is 40.9 Å². The maximum atomic E-state index is 13.0. The number of amides is 1. The molecule has 0 fully saturated rings. The van der Waals surface area contributed by atoms with Gasteiger partial charge >= 0.3 is 0 Å². The third-order valence-corrected chi connectivity index (χ3v) is 14.1. The highest BCUT2D eigenvalue weighted by molar-refractivity contribution is 7.45. The molecule has 3 atom stereocenters. The standard InChI is InChI=1S/C67H117N2O6P/c1-6-8-10-12-14-16-18-20-22-24-26-28-30-32-33-34-35-37-39-41-43-45-47-49-51-53-55-57-59-61-67(71)68-65(64-75-76(72,73)74-63-62-69(3,4)5)66(70)60-58-56-54-52-50-48-46-44-42-40-38-36-31-29-27-25-23-21-19-17-15-13-11-9-7-2/h8,10,14,16,20,22,26,28,32-33,35,37,41,43,47,49,53,55,58,60,65-66,70H,6-7,9,11-13,15,17-19,21,23-25,27,29-31,34,36,38-40,42,44-46,48,50-52,54,56-57,59,61-64H2,1-5H3,(H-,68,71,72,73)/b10-8-,16-14-,22-20-,28-26-,33-32-,37-35-,43-41-,49-47-,55-53-,60-58+. The van der Waals surface area contributed by atoms with Gasteiger partial charge in [0.25, 0.3) is 7.82 Å². The van der Waals surface area contributed by atoms with E-state index in [2.05, 4.69) is 129 Å². The molecule has 9 heteroatoms. The molecule has 0 heterocycles. The molecule has 8 nitrogen and oxygen atoms in total. The van der Waals surface area contributed by atoms with Crippen LogP contribution in [0, 0.1) is 0 Å². The maximum Gasteiger partial charge on any atom is 0.268 e. The first-order valence-corrected chi connectivity index (χ1v) is 32.4. The zero-order valence-electron chi connectivity index (χ0n) is 49.7. The van der Waals surface area contributed by atoms with Crippen LogP contribution >= 0.6 is 7.82 Å². The Morgan fingerprint density at radius 2 is 0.803 bits per heavy atom. The molecule has 3 unspecified atom stereocenters. The number of allylic oxidation sites excluding steroid dienone is 19. The van der Waals surface area contributed by atoms with E-state index in [4.69, 9.17) is 9.05 Å². The van der Waals surface area contributed by atoms with Crippen LogP contribution in [0.2, 0.25) is 0 Å². The summed E-state index contributed by atoms with van der Waals surface area (Å²) in [6.45, 7) is 4.50. The summed E-state index contributed by atoms with van der Waals surface area (Å²) in [5.41, 5.74) is 0. The second-order valence-corrected chi connectivity index (χ2v) is 23.1. The van der Waals surface area contributed by atoms with Crippen molar-refractivity contribution in [3.05, 3.63) is 122 Å². The second-order valence-electron chi connectivity index (χ2n) is 21.7. The van der Waals surface area contributed by atoms with E-state index in [0.717, 1.165) is 83.5 Å². The van der Waals surface area contributed by atoms with E-state index in [1.807, 2.05) is 27.2 Å². The molecule has 0 spiro atoms. The molecule has 0 radical (unpaired) electrons. The van der Waals surface area contributed by atoms with Gasteiger partial charge in [-0.1, -0.05) is 277 Å². The first kappa shape index (κ1) is 72.9. The first-order chi connectivity index (χ1) is 37.0. The van der Waals surface area contributed by atoms with Crippen molar-refractivity contribution in [2.24, 2.45) is 0 Å². The predicted octanol–water partition coefficient (Wildman–Crippen LogP) is 18.7. The molecule has 0 aromatic carbocycles. The van der Waals surface area contributed by atoms with Crippen LogP contribution in [-0.4, -0.2) is 68.5 Å². The van der Waals surface area contributed by atoms with Gasteiger partial charge < -0.3 is 28.8 Å². The first-order valence-electron chi connectivity index (χ1n) is 30.9. The molecule has 0 rings (SSSR count). The van der Waals surface area contributed by atoms with Crippen molar-refractivity contribution in [3.63, 3.8) is 0 Å². The van der Waals surface area contributed by atoms with Crippen LogP contribution in [0.1, 0.15) is 245 Å². The van der Waals surface area contributed by atoms with Crippen molar-refractivity contribution in [1.29, 1.82) is 0 Å². The summed E-state index contributed by atoms with van der Waals surface area (Å²) in [7, 11) is 1.21. The summed E-state index contributed by atoms with van der Waals surface area (Å²) >= 11 is 0. The van der Waals surface area contributed by atoms with E-state index in [1.165, 1.54) is 135 Å². The van der Waals surface area contributed by atoms with Gasteiger partial charge in [0.2, 0.25) is 5.91 Å². The van der Waals surface area contributed by atoms with E-state index >= 15 is 0 Å². The Morgan fingerprint density at radius 3 is 1.16 bits per heavy atom. The van der Waals surface area contributed by atoms with E-state index < -0.39 is 26.6 Å². The lowest BCUT2D eigenvalue weighted by atomic mass is 10.0. The van der Waals surface area contributed by atoms with Crippen molar-refractivity contribution in [1.82, 2.24) is 5.32 Å². The smallest absolute Gasteiger partial charge is 0.268 e. The highest BCUT2D eigenvalue weighted by Crippen LogP contribution is 2.38. The SMILES string of the molecule is CC/C=C\C/C=C\C/C=C\C/C=C\C/C=C\C/C=C\C/C=C\C/C=C\C/C=C\CCCC(=O)NC(COP(=O)([O-])OCC[N+](C)(C)C)C(O)/C=C/CCCCCCCCCCCCCCCCCCCCCCCCC. The fourth-order valence-corrected chi connectivity index (χ4v) is 9.11. The number of nitrogens with one attached hydrogen (secondary N) is 1. The summed E-state index contributed by atoms with van der Waals surface area (Å²) in [6, 6.07) is -0.928. The van der Waals surface area contributed by atoms with Crippen molar-refractivity contribution in [3.8, 4) is 0 Å². The number of likely N-dealkylation sites (N-methyl/N-ethyl adjacent to an activating group) is 1.